The highest BCUT2D eigenvalue weighted by molar-refractivity contribution is 6.07. The number of fused-ring (bicyclic) bond motifs is 1. The summed E-state index contributed by atoms with van der Waals surface area (Å²) >= 11 is 0. The fraction of sp³-hybridized carbons (Fsp3) is 0.211. The van der Waals surface area contributed by atoms with Crippen molar-refractivity contribution >= 4 is 22.6 Å². The average molecular weight is 293 g/mol. The van der Waals surface area contributed by atoms with E-state index < -0.39 is 0 Å². The Kier molecular flexibility index (Phi) is 3.49. The molecule has 2 aromatic carbocycles. The normalized spacial score (nSPS) is 10.9. The Morgan fingerprint density at radius 1 is 1.05 bits per heavy atom. The lowest BCUT2D eigenvalue weighted by molar-refractivity contribution is 0.0968. The van der Waals surface area contributed by atoms with E-state index in [2.05, 4.69) is 19.1 Å². The third-order valence-corrected chi connectivity index (χ3v) is 4.01. The van der Waals surface area contributed by atoms with Crippen LogP contribution in [0, 0.1) is 20.8 Å². The molecule has 1 aromatic heterocycles. The van der Waals surface area contributed by atoms with E-state index >= 15 is 0 Å². The van der Waals surface area contributed by atoms with E-state index in [-0.39, 0.29) is 5.91 Å². The van der Waals surface area contributed by atoms with Crippen LogP contribution in [0.2, 0.25) is 0 Å². The Morgan fingerprint density at radius 2 is 1.73 bits per heavy atom. The van der Waals surface area contributed by atoms with Crippen LogP contribution in [0.1, 0.15) is 27.2 Å². The molecule has 0 atom stereocenters. The van der Waals surface area contributed by atoms with Crippen molar-refractivity contribution in [1.29, 1.82) is 0 Å². The van der Waals surface area contributed by atoms with Gasteiger partial charge in [0.2, 0.25) is 0 Å². The second-order valence-electron chi connectivity index (χ2n) is 5.71. The topological polar surface area (TPSA) is 33.5 Å². The van der Waals surface area contributed by atoms with E-state index in [1.54, 1.807) is 11.9 Å². The predicted octanol–water partition coefficient (Wildman–Crippen LogP) is 4.63. The number of furan rings is 1. The van der Waals surface area contributed by atoms with Gasteiger partial charge in [-0.15, -0.1) is 0 Å². The molecule has 0 unspecified atom stereocenters. The highest BCUT2D eigenvalue weighted by Gasteiger charge is 2.22. The number of benzene rings is 2. The van der Waals surface area contributed by atoms with Gasteiger partial charge >= 0.3 is 0 Å². The fourth-order valence-electron chi connectivity index (χ4n) is 2.79. The molecule has 0 aliphatic rings. The van der Waals surface area contributed by atoms with Gasteiger partial charge in [-0.05, 0) is 50.1 Å². The van der Waals surface area contributed by atoms with Gasteiger partial charge in [0, 0.05) is 23.7 Å². The highest BCUT2D eigenvalue weighted by Crippen LogP contribution is 2.30. The molecule has 0 fully saturated rings. The monoisotopic (exact) mass is 293 g/mol. The third kappa shape index (κ3) is 2.29. The van der Waals surface area contributed by atoms with Gasteiger partial charge in [-0.2, -0.15) is 0 Å². The molecule has 3 aromatic rings. The largest absolute Gasteiger partial charge is 0.450 e. The second kappa shape index (κ2) is 5.34. The molecular weight excluding hydrogens is 274 g/mol. The lowest BCUT2D eigenvalue weighted by atomic mass is 10.1. The summed E-state index contributed by atoms with van der Waals surface area (Å²) in [6.07, 6.45) is 0. The number of anilines is 1. The SMILES string of the molecule is Cc1cc(C)c2oc(C(=O)N(C)c3ccccc3)c(C)c2c1. The van der Waals surface area contributed by atoms with Crippen molar-refractivity contribution in [3.63, 3.8) is 0 Å². The van der Waals surface area contributed by atoms with Gasteiger partial charge in [0.1, 0.15) is 5.58 Å². The van der Waals surface area contributed by atoms with Crippen molar-refractivity contribution in [1.82, 2.24) is 0 Å². The predicted molar refractivity (Wildman–Crippen MR) is 89.6 cm³/mol. The minimum absolute atomic E-state index is 0.128. The first-order valence-electron chi connectivity index (χ1n) is 7.32. The number of nitrogens with zero attached hydrogens (tertiary/aromatic N) is 1. The molecule has 0 aliphatic carbocycles. The van der Waals surface area contributed by atoms with Crippen LogP contribution < -0.4 is 4.90 Å². The standard InChI is InChI=1S/C19H19NO2/c1-12-10-13(2)17-16(11-12)14(3)18(22-17)19(21)20(4)15-8-6-5-7-9-15/h5-11H,1-4H3. The van der Waals surface area contributed by atoms with Crippen LogP contribution in [0.25, 0.3) is 11.0 Å². The Morgan fingerprint density at radius 3 is 2.41 bits per heavy atom. The number of para-hydroxylation sites is 1. The minimum Gasteiger partial charge on any atom is -0.450 e. The maximum absolute atomic E-state index is 12.8. The van der Waals surface area contributed by atoms with Gasteiger partial charge in [-0.3, -0.25) is 4.79 Å². The first kappa shape index (κ1) is 14.4. The van der Waals surface area contributed by atoms with Crippen LogP contribution in [0.4, 0.5) is 5.69 Å². The number of hydrogen-bond donors (Lipinski definition) is 0. The summed E-state index contributed by atoms with van der Waals surface area (Å²) in [5.74, 6) is 0.284. The Balaban J connectivity index is 2.09. The maximum atomic E-state index is 12.8. The van der Waals surface area contributed by atoms with Gasteiger partial charge in [-0.1, -0.05) is 24.3 Å². The summed E-state index contributed by atoms with van der Waals surface area (Å²) < 4.78 is 5.90. The number of rotatable bonds is 2. The zero-order valence-electron chi connectivity index (χ0n) is 13.3. The van der Waals surface area contributed by atoms with Crippen LogP contribution in [0.3, 0.4) is 0 Å². The molecule has 3 heteroatoms. The van der Waals surface area contributed by atoms with Crippen LogP contribution in [0.15, 0.2) is 46.9 Å². The Hall–Kier alpha value is -2.55. The van der Waals surface area contributed by atoms with Crippen molar-refractivity contribution in [2.75, 3.05) is 11.9 Å². The van der Waals surface area contributed by atoms with Crippen molar-refractivity contribution in [2.24, 2.45) is 0 Å². The molecule has 0 N–H and O–H groups in total. The summed E-state index contributed by atoms with van der Waals surface area (Å²) in [4.78, 5) is 14.4. The molecular formula is C19H19NO2. The summed E-state index contributed by atoms with van der Waals surface area (Å²) in [5.41, 5.74) is 4.77. The lowest BCUT2D eigenvalue weighted by Crippen LogP contribution is -2.26. The molecule has 0 radical (unpaired) electrons. The maximum Gasteiger partial charge on any atom is 0.294 e. The van der Waals surface area contributed by atoms with E-state index in [0.717, 1.165) is 27.8 Å². The van der Waals surface area contributed by atoms with Gasteiger partial charge in [0.05, 0.1) is 0 Å². The number of carbonyl (C=O) groups excluding carboxylic acids is 1. The quantitative estimate of drug-likeness (QED) is 0.690. The molecule has 3 rings (SSSR count). The summed E-state index contributed by atoms with van der Waals surface area (Å²) in [6.45, 7) is 6.00. The number of aryl methyl sites for hydroxylation is 3. The molecule has 0 saturated heterocycles. The van der Waals surface area contributed by atoms with Gasteiger partial charge < -0.3 is 9.32 Å². The second-order valence-corrected chi connectivity index (χ2v) is 5.71. The Bertz CT molecular complexity index is 847. The molecule has 1 heterocycles. The summed E-state index contributed by atoms with van der Waals surface area (Å²) in [7, 11) is 1.77. The lowest BCUT2D eigenvalue weighted by Gasteiger charge is -2.16. The molecule has 112 valence electrons. The van der Waals surface area contributed by atoms with Crippen molar-refractivity contribution < 1.29 is 9.21 Å². The van der Waals surface area contributed by atoms with Gasteiger partial charge in [0.15, 0.2) is 5.76 Å². The van der Waals surface area contributed by atoms with E-state index in [0.29, 0.717) is 5.76 Å². The Labute approximate surface area is 130 Å². The zero-order valence-corrected chi connectivity index (χ0v) is 13.3. The molecule has 0 spiro atoms. The fourth-order valence-corrected chi connectivity index (χ4v) is 2.79. The summed E-state index contributed by atoms with van der Waals surface area (Å²) in [5, 5.41) is 1.02. The van der Waals surface area contributed by atoms with E-state index in [9.17, 15) is 4.79 Å². The van der Waals surface area contributed by atoms with Crippen molar-refractivity contribution in [2.45, 2.75) is 20.8 Å². The molecule has 0 aliphatic heterocycles. The third-order valence-electron chi connectivity index (χ3n) is 4.01. The van der Waals surface area contributed by atoms with Crippen LogP contribution >= 0.6 is 0 Å². The number of carbonyl (C=O) groups is 1. The van der Waals surface area contributed by atoms with Gasteiger partial charge in [-0.25, -0.2) is 0 Å². The summed E-state index contributed by atoms with van der Waals surface area (Å²) in [6, 6.07) is 13.7. The van der Waals surface area contributed by atoms with E-state index in [1.807, 2.05) is 44.2 Å². The van der Waals surface area contributed by atoms with Crippen LogP contribution in [-0.4, -0.2) is 13.0 Å². The number of amides is 1. The number of hydrogen-bond acceptors (Lipinski definition) is 2. The first-order chi connectivity index (χ1) is 10.5. The highest BCUT2D eigenvalue weighted by atomic mass is 16.3. The van der Waals surface area contributed by atoms with Crippen LogP contribution in [-0.2, 0) is 0 Å². The van der Waals surface area contributed by atoms with Crippen molar-refractivity contribution in [3.05, 3.63) is 64.9 Å². The van der Waals surface area contributed by atoms with Gasteiger partial charge in [0.25, 0.3) is 5.91 Å². The van der Waals surface area contributed by atoms with E-state index in [1.165, 1.54) is 5.56 Å². The average Bonchev–Trinajstić information content (AvgIpc) is 2.84. The molecule has 3 nitrogen and oxygen atoms in total. The first-order valence-corrected chi connectivity index (χ1v) is 7.32. The molecule has 0 saturated carbocycles. The molecule has 1 amide bonds. The van der Waals surface area contributed by atoms with Crippen molar-refractivity contribution in [3.8, 4) is 0 Å². The molecule has 22 heavy (non-hydrogen) atoms. The zero-order chi connectivity index (χ0) is 15.9. The van der Waals surface area contributed by atoms with E-state index in [4.69, 9.17) is 4.42 Å². The smallest absolute Gasteiger partial charge is 0.294 e. The van der Waals surface area contributed by atoms with Crippen LogP contribution in [0.5, 0.6) is 0 Å². The minimum atomic E-state index is -0.128. The molecule has 0 bridgehead atoms.